The van der Waals surface area contributed by atoms with Crippen LogP contribution in [0.3, 0.4) is 0 Å². The van der Waals surface area contributed by atoms with Crippen molar-refractivity contribution in [1.29, 1.82) is 0 Å². The summed E-state index contributed by atoms with van der Waals surface area (Å²) >= 11 is 0. The third kappa shape index (κ3) is 4.73. The highest BCUT2D eigenvalue weighted by atomic mass is 19.1. The van der Waals surface area contributed by atoms with Gasteiger partial charge >= 0.3 is 0 Å². The van der Waals surface area contributed by atoms with E-state index in [0.717, 1.165) is 24.1 Å². The number of carbonyl (C=O) groups is 2. The summed E-state index contributed by atoms with van der Waals surface area (Å²) in [7, 11) is 0. The van der Waals surface area contributed by atoms with Crippen LogP contribution in [0.15, 0.2) is 79.3 Å². The predicted octanol–water partition coefficient (Wildman–Crippen LogP) is 4.60. The molecule has 8 heteroatoms. The molecule has 1 saturated heterocycles. The van der Waals surface area contributed by atoms with E-state index in [1.54, 1.807) is 21.7 Å². The molecule has 0 spiro atoms. The third-order valence-corrected chi connectivity index (χ3v) is 6.29. The number of amides is 2. The molecule has 0 unspecified atom stereocenters. The molecule has 7 nitrogen and oxygen atoms in total. The van der Waals surface area contributed by atoms with Gasteiger partial charge in [-0.15, -0.1) is 0 Å². The zero-order valence-corrected chi connectivity index (χ0v) is 19.4. The number of aromatic nitrogens is 3. The molecule has 2 aromatic heterocycles. The Hall–Kier alpha value is -4.20. The number of hydrogen-bond donors (Lipinski definition) is 1. The van der Waals surface area contributed by atoms with Gasteiger partial charge in [0, 0.05) is 31.2 Å². The third-order valence-electron chi connectivity index (χ3n) is 6.29. The molecule has 1 aliphatic heterocycles. The van der Waals surface area contributed by atoms with Crippen molar-refractivity contribution in [2.75, 3.05) is 18.4 Å². The first-order valence-electron chi connectivity index (χ1n) is 11.6. The number of likely N-dealkylation sites (tertiary alicyclic amines) is 1. The van der Waals surface area contributed by atoms with Crippen LogP contribution >= 0.6 is 0 Å². The smallest absolute Gasteiger partial charge is 0.259 e. The van der Waals surface area contributed by atoms with E-state index in [4.69, 9.17) is 0 Å². The Labute approximate surface area is 202 Å². The van der Waals surface area contributed by atoms with Crippen LogP contribution in [0, 0.1) is 18.7 Å². The lowest BCUT2D eigenvalue weighted by Crippen LogP contribution is -2.44. The van der Waals surface area contributed by atoms with Crippen molar-refractivity contribution in [2.24, 2.45) is 5.92 Å². The van der Waals surface area contributed by atoms with Crippen molar-refractivity contribution in [3.8, 4) is 11.5 Å². The van der Waals surface area contributed by atoms with Gasteiger partial charge in [-0.2, -0.15) is 5.10 Å². The van der Waals surface area contributed by atoms with Gasteiger partial charge in [0.2, 0.25) is 5.91 Å². The molecule has 0 saturated carbocycles. The number of carbonyl (C=O) groups excluding carboxylic acids is 2. The molecule has 2 aromatic carbocycles. The fourth-order valence-corrected chi connectivity index (χ4v) is 4.42. The summed E-state index contributed by atoms with van der Waals surface area (Å²) in [5, 5.41) is 7.43. The van der Waals surface area contributed by atoms with E-state index in [2.05, 4.69) is 10.4 Å². The van der Waals surface area contributed by atoms with E-state index >= 15 is 0 Å². The second-order valence-electron chi connectivity index (χ2n) is 8.81. The molecule has 1 atom stereocenters. The molecule has 1 fully saturated rings. The lowest BCUT2D eigenvalue weighted by atomic mass is 9.96. The largest absolute Gasteiger partial charge is 0.338 e. The number of piperidine rings is 1. The number of nitrogens with zero attached hydrogens (tertiary/aromatic N) is 4. The Morgan fingerprint density at radius 2 is 1.74 bits per heavy atom. The van der Waals surface area contributed by atoms with Gasteiger partial charge in [-0.25, -0.2) is 9.07 Å². The molecule has 1 aliphatic rings. The predicted molar refractivity (Wildman–Crippen MR) is 131 cm³/mol. The standard InChI is InChI=1S/C27H26FN5O2/c1-19-6-10-22(11-7-19)30-25(34)20-5-4-16-32(18-20)27(35)24-17-29-33(23-12-8-21(28)9-13-23)26(24)31-14-2-3-15-31/h2-3,6-15,17,20H,4-5,16,18H2,1H3,(H,30,34)/t20-/m1/s1. The molecule has 1 N–H and O–H groups in total. The van der Waals surface area contributed by atoms with Gasteiger partial charge < -0.3 is 14.8 Å². The van der Waals surface area contributed by atoms with Gasteiger partial charge in [-0.3, -0.25) is 9.59 Å². The second kappa shape index (κ2) is 9.58. The van der Waals surface area contributed by atoms with Crippen LogP contribution in [0.2, 0.25) is 0 Å². The van der Waals surface area contributed by atoms with E-state index in [1.807, 2.05) is 60.3 Å². The minimum Gasteiger partial charge on any atom is -0.338 e. The molecule has 4 aromatic rings. The topological polar surface area (TPSA) is 72.2 Å². The van der Waals surface area contributed by atoms with Crippen LogP contribution in [0.1, 0.15) is 28.8 Å². The van der Waals surface area contributed by atoms with Crippen molar-refractivity contribution in [3.05, 3.63) is 96.2 Å². The van der Waals surface area contributed by atoms with Crippen molar-refractivity contribution in [2.45, 2.75) is 19.8 Å². The molecular formula is C27H26FN5O2. The molecule has 5 rings (SSSR count). The maximum atomic E-state index is 13.6. The molecule has 0 aliphatic carbocycles. The Kier molecular flexibility index (Phi) is 6.18. The minimum atomic E-state index is -0.344. The van der Waals surface area contributed by atoms with E-state index < -0.39 is 0 Å². The average Bonchev–Trinajstić information content (AvgIpc) is 3.55. The summed E-state index contributed by atoms with van der Waals surface area (Å²) in [5.74, 6) is -0.342. The van der Waals surface area contributed by atoms with Crippen LogP contribution in [0.5, 0.6) is 0 Å². The number of rotatable bonds is 5. The SMILES string of the molecule is Cc1ccc(NC(=O)[C@@H]2CCCN(C(=O)c3cnn(-c4ccc(F)cc4)c3-n3cccc3)C2)cc1. The van der Waals surface area contributed by atoms with Crippen LogP contribution in [0.25, 0.3) is 11.5 Å². The summed E-state index contributed by atoms with van der Waals surface area (Å²) in [4.78, 5) is 28.3. The van der Waals surface area contributed by atoms with Crippen molar-refractivity contribution in [1.82, 2.24) is 19.2 Å². The highest BCUT2D eigenvalue weighted by Crippen LogP contribution is 2.25. The number of nitrogens with one attached hydrogen (secondary N) is 1. The van der Waals surface area contributed by atoms with Gasteiger partial charge in [0.05, 0.1) is 17.8 Å². The maximum Gasteiger partial charge on any atom is 0.259 e. The van der Waals surface area contributed by atoms with E-state index in [-0.39, 0.29) is 23.5 Å². The molecule has 0 bridgehead atoms. The quantitative estimate of drug-likeness (QED) is 0.462. The summed E-state index contributed by atoms with van der Waals surface area (Å²) in [6, 6.07) is 17.4. The first-order valence-corrected chi connectivity index (χ1v) is 11.6. The number of benzene rings is 2. The number of aryl methyl sites for hydroxylation is 1. The molecule has 2 amide bonds. The van der Waals surface area contributed by atoms with E-state index in [1.165, 1.54) is 18.3 Å². The zero-order chi connectivity index (χ0) is 24.4. The monoisotopic (exact) mass is 471 g/mol. The Balaban J connectivity index is 1.39. The fourth-order valence-electron chi connectivity index (χ4n) is 4.42. The number of anilines is 1. The van der Waals surface area contributed by atoms with Gasteiger partial charge in [0.25, 0.3) is 5.91 Å². The zero-order valence-electron chi connectivity index (χ0n) is 19.4. The van der Waals surface area contributed by atoms with Crippen molar-refractivity contribution < 1.29 is 14.0 Å². The van der Waals surface area contributed by atoms with Gasteiger partial charge in [0.1, 0.15) is 11.4 Å². The summed E-state index contributed by atoms with van der Waals surface area (Å²) < 4.78 is 16.9. The Morgan fingerprint density at radius 3 is 2.46 bits per heavy atom. The highest BCUT2D eigenvalue weighted by Gasteiger charge is 2.31. The van der Waals surface area contributed by atoms with E-state index in [0.29, 0.717) is 30.2 Å². The van der Waals surface area contributed by atoms with Crippen LogP contribution in [-0.4, -0.2) is 44.2 Å². The first kappa shape index (κ1) is 22.6. The van der Waals surface area contributed by atoms with Crippen LogP contribution in [0.4, 0.5) is 10.1 Å². The minimum absolute atomic E-state index is 0.0843. The maximum absolute atomic E-state index is 13.6. The lowest BCUT2D eigenvalue weighted by Gasteiger charge is -2.32. The number of halogens is 1. The molecule has 35 heavy (non-hydrogen) atoms. The fraction of sp³-hybridized carbons (Fsp3) is 0.222. The van der Waals surface area contributed by atoms with E-state index in [9.17, 15) is 14.0 Å². The summed E-state index contributed by atoms with van der Waals surface area (Å²) in [5.41, 5.74) is 2.94. The van der Waals surface area contributed by atoms with Crippen LogP contribution < -0.4 is 5.32 Å². The Bertz CT molecular complexity index is 1330. The van der Waals surface area contributed by atoms with Gasteiger partial charge in [0.15, 0.2) is 5.82 Å². The first-order chi connectivity index (χ1) is 17.0. The average molecular weight is 472 g/mol. The number of hydrogen-bond acceptors (Lipinski definition) is 3. The Morgan fingerprint density at radius 1 is 1.03 bits per heavy atom. The van der Waals surface area contributed by atoms with Gasteiger partial charge in [-0.05, 0) is 68.3 Å². The van der Waals surface area contributed by atoms with Crippen molar-refractivity contribution in [3.63, 3.8) is 0 Å². The normalized spacial score (nSPS) is 15.7. The molecule has 3 heterocycles. The molecular weight excluding hydrogens is 445 g/mol. The van der Waals surface area contributed by atoms with Gasteiger partial charge in [-0.1, -0.05) is 17.7 Å². The highest BCUT2D eigenvalue weighted by molar-refractivity contribution is 5.98. The summed E-state index contributed by atoms with van der Waals surface area (Å²) in [6.45, 7) is 2.90. The second-order valence-corrected chi connectivity index (χ2v) is 8.81. The molecule has 178 valence electrons. The molecule has 0 radical (unpaired) electrons. The lowest BCUT2D eigenvalue weighted by molar-refractivity contribution is -0.121. The van der Waals surface area contributed by atoms with Crippen molar-refractivity contribution >= 4 is 17.5 Å². The summed E-state index contributed by atoms with van der Waals surface area (Å²) in [6.07, 6.45) is 6.67. The van der Waals surface area contributed by atoms with Crippen LogP contribution in [-0.2, 0) is 4.79 Å².